The van der Waals surface area contributed by atoms with Gasteiger partial charge in [-0.1, -0.05) is 23.2 Å². The highest BCUT2D eigenvalue weighted by Gasteiger charge is 2.45. The van der Waals surface area contributed by atoms with E-state index >= 15 is 0 Å². The SMILES string of the molecule is COCCNCC1(Oc2ccc(Cl)cc2Cl)CC1. The van der Waals surface area contributed by atoms with Crippen molar-refractivity contribution in [3.63, 3.8) is 0 Å². The first-order valence-corrected chi connectivity index (χ1v) is 6.74. The lowest BCUT2D eigenvalue weighted by molar-refractivity contribution is 0.162. The molecular formula is C13H17Cl2NO2. The molecule has 1 saturated carbocycles. The van der Waals surface area contributed by atoms with E-state index in [-0.39, 0.29) is 5.60 Å². The van der Waals surface area contributed by atoms with Crippen LogP contribution in [0.4, 0.5) is 0 Å². The van der Waals surface area contributed by atoms with Crippen LogP contribution in [0.5, 0.6) is 5.75 Å². The van der Waals surface area contributed by atoms with Crippen LogP contribution in [-0.4, -0.2) is 32.4 Å². The number of benzene rings is 1. The quantitative estimate of drug-likeness (QED) is 0.783. The van der Waals surface area contributed by atoms with Crippen molar-refractivity contribution in [2.45, 2.75) is 18.4 Å². The first kappa shape index (κ1) is 13.9. The van der Waals surface area contributed by atoms with E-state index in [1.807, 2.05) is 6.07 Å². The Morgan fingerprint density at radius 1 is 1.33 bits per heavy atom. The van der Waals surface area contributed by atoms with Crippen LogP contribution in [0.2, 0.25) is 10.0 Å². The first-order chi connectivity index (χ1) is 8.65. The van der Waals surface area contributed by atoms with Crippen LogP contribution in [0.25, 0.3) is 0 Å². The standard InChI is InChI=1S/C13H17Cl2NO2/c1-17-7-6-16-9-13(4-5-13)18-12-3-2-10(14)8-11(12)15/h2-3,8,16H,4-7,9H2,1H3. The van der Waals surface area contributed by atoms with Crippen molar-refractivity contribution in [2.75, 3.05) is 26.8 Å². The molecule has 0 aromatic heterocycles. The monoisotopic (exact) mass is 289 g/mol. The van der Waals surface area contributed by atoms with Gasteiger partial charge in [0, 0.05) is 25.2 Å². The van der Waals surface area contributed by atoms with Crippen molar-refractivity contribution < 1.29 is 9.47 Å². The highest BCUT2D eigenvalue weighted by Crippen LogP contribution is 2.42. The van der Waals surface area contributed by atoms with Crippen molar-refractivity contribution in [1.29, 1.82) is 0 Å². The average molecular weight is 290 g/mol. The zero-order chi connectivity index (χ0) is 13.0. The number of hydrogen-bond donors (Lipinski definition) is 1. The van der Waals surface area contributed by atoms with E-state index in [2.05, 4.69) is 5.32 Å². The molecule has 1 aromatic carbocycles. The molecule has 0 heterocycles. The summed E-state index contributed by atoms with van der Waals surface area (Å²) in [6.45, 7) is 2.35. The summed E-state index contributed by atoms with van der Waals surface area (Å²) in [5, 5.41) is 4.50. The Morgan fingerprint density at radius 2 is 2.11 bits per heavy atom. The number of hydrogen-bond acceptors (Lipinski definition) is 3. The Balaban J connectivity index is 1.88. The summed E-state index contributed by atoms with van der Waals surface area (Å²) in [6, 6.07) is 5.31. The summed E-state index contributed by atoms with van der Waals surface area (Å²) in [6.07, 6.45) is 2.10. The van der Waals surface area contributed by atoms with Crippen molar-refractivity contribution in [3.05, 3.63) is 28.2 Å². The molecule has 0 saturated heterocycles. The first-order valence-electron chi connectivity index (χ1n) is 5.99. The molecule has 100 valence electrons. The lowest BCUT2D eigenvalue weighted by Crippen LogP contribution is -2.35. The summed E-state index contributed by atoms with van der Waals surface area (Å²) in [5.41, 5.74) is -0.106. The second-order valence-electron chi connectivity index (χ2n) is 4.53. The summed E-state index contributed by atoms with van der Waals surface area (Å²) in [4.78, 5) is 0. The minimum Gasteiger partial charge on any atom is -0.484 e. The van der Waals surface area contributed by atoms with Crippen LogP contribution in [0, 0.1) is 0 Å². The van der Waals surface area contributed by atoms with Crippen LogP contribution < -0.4 is 10.1 Å². The molecule has 1 aliphatic rings. The highest BCUT2D eigenvalue weighted by atomic mass is 35.5. The Kier molecular flexibility index (Phi) is 4.73. The minimum absolute atomic E-state index is 0.106. The van der Waals surface area contributed by atoms with Crippen molar-refractivity contribution >= 4 is 23.2 Å². The third-order valence-corrected chi connectivity index (χ3v) is 3.49. The third-order valence-electron chi connectivity index (χ3n) is 2.96. The van der Waals surface area contributed by atoms with Crippen LogP contribution in [0.1, 0.15) is 12.8 Å². The number of nitrogens with one attached hydrogen (secondary N) is 1. The average Bonchev–Trinajstić information content (AvgIpc) is 3.09. The Labute approximate surface area is 117 Å². The molecular weight excluding hydrogens is 273 g/mol. The van der Waals surface area contributed by atoms with Gasteiger partial charge in [0.15, 0.2) is 0 Å². The van der Waals surface area contributed by atoms with Gasteiger partial charge in [-0.15, -0.1) is 0 Å². The minimum atomic E-state index is -0.106. The normalized spacial score (nSPS) is 16.6. The maximum absolute atomic E-state index is 6.10. The van der Waals surface area contributed by atoms with Gasteiger partial charge < -0.3 is 14.8 Å². The van der Waals surface area contributed by atoms with Gasteiger partial charge in [-0.05, 0) is 31.0 Å². The van der Waals surface area contributed by atoms with Gasteiger partial charge in [0.1, 0.15) is 11.4 Å². The molecule has 0 amide bonds. The van der Waals surface area contributed by atoms with Gasteiger partial charge in [-0.25, -0.2) is 0 Å². The summed E-state index contributed by atoms with van der Waals surface area (Å²) < 4.78 is 11.0. The van der Waals surface area contributed by atoms with Crippen molar-refractivity contribution in [1.82, 2.24) is 5.32 Å². The predicted octanol–water partition coefficient (Wildman–Crippen LogP) is 3.14. The predicted molar refractivity (Wildman–Crippen MR) is 73.8 cm³/mol. The Morgan fingerprint density at radius 3 is 2.72 bits per heavy atom. The third kappa shape index (κ3) is 3.75. The Bertz CT molecular complexity index is 408. The fourth-order valence-electron chi connectivity index (χ4n) is 1.74. The zero-order valence-corrected chi connectivity index (χ0v) is 11.9. The molecule has 1 aromatic rings. The molecule has 0 unspecified atom stereocenters. The lowest BCUT2D eigenvalue weighted by Gasteiger charge is -2.19. The summed E-state index contributed by atoms with van der Waals surface area (Å²) in [5.74, 6) is 0.701. The van der Waals surface area contributed by atoms with Gasteiger partial charge in [0.25, 0.3) is 0 Å². The fraction of sp³-hybridized carbons (Fsp3) is 0.538. The maximum atomic E-state index is 6.10. The molecule has 18 heavy (non-hydrogen) atoms. The molecule has 0 radical (unpaired) electrons. The molecule has 3 nitrogen and oxygen atoms in total. The molecule has 1 fully saturated rings. The van der Waals surface area contributed by atoms with Gasteiger partial charge in [0.2, 0.25) is 0 Å². The molecule has 5 heteroatoms. The number of rotatable bonds is 7. The molecule has 1 N–H and O–H groups in total. The van der Waals surface area contributed by atoms with Gasteiger partial charge in [-0.3, -0.25) is 0 Å². The smallest absolute Gasteiger partial charge is 0.138 e. The van der Waals surface area contributed by atoms with E-state index < -0.39 is 0 Å². The molecule has 0 bridgehead atoms. The van der Waals surface area contributed by atoms with Gasteiger partial charge in [-0.2, -0.15) is 0 Å². The number of halogens is 2. The Hall–Kier alpha value is -0.480. The van der Waals surface area contributed by atoms with E-state index in [1.54, 1.807) is 19.2 Å². The lowest BCUT2D eigenvalue weighted by atomic mass is 10.3. The molecule has 0 atom stereocenters. The molecule has 0 aliphatic heterocycles. The van der Waals surface area contributed by atoms with Crippen LogP contribution in [-0.2, 0) is 4.74 Å². The van der Waals surface area contributed by atoms with Gasteiger partial charge in [0.05, 0.1) is 11.6 Å². The maximum Gasteiger partial charge on any atom is 0.138 e. The van der Waals surface area contributed by atoms with Crippen molar-refractivity contribution in [3.8, 4) is 5.75 Å². The molecule has 0 spiro atoms. The van der Waals surface area contributed by atoms with Crippen LogP contribution >= 0.6 is 23.2 Å². The highest BCUT2D eigenvalue weighted by molar-refractivity contribution is 6.35. The molecule has 2 rings (SSSR count). The van der Waals surface area contributed by atoms with E-state index in [4.69, 9.17) is 32.7 Å². The van der Waals surface area contributed by atoms with E-state index in [9.17, 15) is 0 Å². The largest absolute Gasteiger partial charge is 0.484 e. The van der Waals surface area contributed by atoms with Crippen LogP contribution in [0.3, 0.4) is 0 Å². The summed E-state index contributed by atoms with van der Waals surface area (Å²) in [7, 11) is 1.69. The van der Waals surface area contributed by atoms with E-state index in [0.717, 1.165) is 25.9 Å². The van der Waals surface area contributed by atoms with Crippen LogP contribution in [0.15, 0.2) is 18.2 Å². The fourth-order valence-corrected chi connectivity index (χ4v) is 2.18. The van der Waals surface area contributed by atoms with E-state index in [1.165, 1.54) is 0 Å². The number of methoxy groups -OCH3 is 1. The van der Waals surface area contributed by atoms with Crippen molar-refractivity contribution in [2.24, 2.45) is 0 Å². The zero-order valence-electron chi connectivity index (χ0n) is 10.3. The van der Waals surface area contributed by atoms with E-state index in [0.29, 0.717) is 22.4 Å². The number of ether oxygens (including phenoxy) is 2. The topological polar surface area (TPSA) is 30.5 Å². The summed E-state index contributed by atoms with van der Waals surface area (Å²) >= 11 is 12.0. The van der Waals surface area contributed by atoms with Gasteiger partial charge >= 0.3 is 0 Å². The molecule has 1 aliphatic carbocycles. The second kappa shape index (κ2) is 6.11. The second-order valence-corrected chi connectivity index (χ2v) is 5.37.